The summed E-state index contributed by atoms with van der Waals surface area (Å²) in [5.74, 6) is 3.11. The van der Waals surface area contributed by atoms with E-state index in [0.717, 1.165) is 5.56 Å². The zero-order chi connectivity index (χ0) is 11.1. The van der Waals surface area contributed by atoms with Gasteiger partial charge < -0.3 is 9.47 Å². The van der Waals surface area contributed by atoms with E-state index in [1.807, 2.05) is 0 Å². The van der Waals surface area contributed by atoms with E-state index in [1.165, 1.54) is 7.11 Å². The first-order valence-electron chi connectivity index (χ1n) is 4.27. The molecule has 1 rings (SSSR count). The topological polar surface area (TPSA) is 18.5 Å². The zero-order valence-corrected chi connectivity index (χ0v) is 8.17. The molecule has 0 unspecified atom stereocenters. The van der Waals surface area contributed by atoms with E-state index in [-0.39, 0.29) is 0 Å². The molecule has 0 atom stereocenters. The number of rotatable bonds is 3. The van der Waals surface area contributed by atoms with E-state index >= 15 is 0 Å². The predicted molar refractivity (Wildman–Crippen MR) is 51.8 cm³/mol. The third kappa shape index (κ3) is 4.32. The SMILES string of the molecule is COC#Cc1ccc(OCC(F)F)cc1. The van der Waals surface area contributed by atoms with Crippen molar-refractivity contribution in [2.75, 3.05) is 13.7 Å². The van der Waals surface area contributed by atoms with Crippen molar-refractivity contribution >= 4 is 0 Å². The van der Waals surface area contributed by atoms with Gasteiger partial charge in [0.2, 0.25) is 0 Å². The summed E-state index contributed by atoms with van der Waals surface area (Å²) in [6, 6.07) is 6.52. The molecule has 0 saturated carbocycles. The van der Waals surface area contributed by atoms with Crippen LogP contribution in [0.1, 0.15) is 5.56 Å². The van der Waals surface area contributed by atoms with Crippen LogP contribution in [0.2, 0.25) is 0 Å². The largest absolute Gasteiger partial charge is 0.488 e. The molecule has 0 spiro atoms. The monoisotopic (exact) mass is 212 g/mol. The first-order valence-corrected chi connectivity index (χ1v) is 4.27. The molecule has 15 heavy (non-hydrogen) atoms. The predicted octanol–water partition coefficient (Wildman–Crippen LogP) is 2.29. The lowest BCUT2D eigenvalue weighted by Crippen LogP contribution is -2.06. The lowest BCUT2D eigenvalue weighted by molar-refractivity contribution is 0.0819. The minimum Gasteiger partial charge on any atom is -0.488 e. The van der Waals surface area contributed by atoms with E-state index in [1.54, 1.807) is 24.3 Å². The van der Waals surface area contributed by atoms with E-state index in [0.29, 0.717) is 5.75 Å². The standard InChI is InChI=1S/C11H10F2O2/c1-14-7-6-9-2-4-10(5-3-9)15-8-11(12)13/h2-5,11H,8H2,1H3. The Bertz CT molecular complexity index is 349. The molecule has 0 bridgehead atoms. The fourth-order valence-electron chi connectivity index (χ4n) is 0.904. The molecule has 0 heterocycles. The van der Waals surface area contributed by atoms with Crippen LogP contribution in [0, 0.1) is 12.0 Å². The highest BCUT2D eigenvalue weighted by Crippen LogP contribution is 2.12. The molecule has 0 aromatic heterocycles. The fraction of sp³-hybridized carbons (Fsp3) is 0.273. The molecule has 0 saturated heterocycles. The van der Waals surface area contributed by atoms with E-state index in [4.69, 9.17) is 4.74 Å². The third-order valence-electron chi connectivity index (χ3n) is 1.53. The van der Waals surface area contributed by atoms with Crippen molar-refractivity contribution in [1.82, 2.24) is 0 Å². The summed E-state index contributed by atoms with van der Waals surface area (Å²) in [5, 5.41) is 0. The molecule has 0 radical (unpaired) electrons. The Morgan fingerprint density at radius 3 is 2.47 bits per heavy atom. The Balaban J connectivity index is 2.56. The van der Waals surface area contributed by atoms with Crippen LogP contribution in [0.5, 0.6) is 5.75 Å². The molecular weight excluding hydrogens is 202 g/mol. The van der Waals surface area contributed by atoms with Crippen molar-refractivity contribution in [2.45, 2.75) is 6.43 Å². The molecule has 0 aliphatic carbocycles. The van der Waals surface area contributed by atoms with Gasteiger partial charge in [0, 0.05) is 5.56 Å². The second-order valence-corrected chi connectivity index (χ2v) is 2.66. The summed E-state index contributed by atoms with van der Waals surface area (Å²) in [4.78, 5) is 0. The Morgan fingerprint density at radius 1 is 1.27 bits per heavy atom. The minimum atomic E-state index is -2.46. The Kier molecular flexibility index (Phi) is 4.42. The number of ether oxygens (including phenoxy) is 2. The van der Waals surface area contributed by atoms with Crippen LogP contribution in [0.15, 0.2) is 24.3 Å². The van der Waals surface area contributed by atoms with E-state index in [2.05, 4.69) is 16.8 Å². The van der Waals surface area contributed by atoms with Crippen LogP contribution in [0.25, 0.3) is 0 Å². The maximum Gasteiger partial charge on any atom is 0.272 e. The van der Waals surface area contributed by atoms with Crippen LogP contribution in [0.3, 0.4) is 0 Å². The molecule has 0 fully saturated rings. The normalized spacial score (nSPS) is 9.33. The van der Waals surface area contributed by atoms with Crippen LogP contribution in [0.4, 0.5) is 8.78 Å². The smallest absolute Gasteiger partial charge is 0.272 e. The van der Waals surface area contributed by atoms with Crippen molar-refractivity contribution in [3.05, 3.63) is 29.8 Å². The number of methoxy groups -OCH3 is 1. The molecule has 2 nitrogen and oxygen atoms in total. The molecule has 0 amide bonds. The minimum absolute atomic E-state index is 0.401. The fourth-order valence-corrected chi connectivity index (χ4v) is 0.904. The summed E-state index contributed by atoms with van der Waals surface area (Å²) in [6.07, 6.45) is -0.0368. The lowest BCUT2D eigenvalue weighted by atomic mass is 10.2. The summed E-state index contributed by atoms with van der Waals surface area (Å²) in [7, 11) is 1.47. The zero-order valence-electron chi connectivity index (χ0n) is 8.17. The highest BCUT2D eigenvalue weighted by molar-refractivity contribution is 5.37. The van der Waals surface area contributed by atoms with Gasteiger partial charge in [-0.25, -0.2) is 8.78 Å². The highest BCUT2D eigenvalue weighted by Gasteiger charge is 2.02. The summed E-state index contributed by atoms with van der Waals surface area (Å²) < 4.78 is 33.0. The van der Waals surface area contributed by atoms with Gasteiger partial charge in [0.05, 0.1) is 7.11 Å². The van der Waals surface area contributed by atoms with E-state index < -0.39 is 13.0 Å². The van der Waals surface area contributed by atoms with Crippen LogP contribution in [-0.2, 0) is 4.74 Å². The average molecular weight is 212 g/mol. The Labute approximate surface area is 86.8 Å². The number of benzene rings is 1. The van der Waals surface area contributed by atoms with Crippen LogP contribution >= 0.6 is 0 Å². The van der Waals surface area contributed by atoms with Crippen molar-refractivity contribution in [3.8, 4) is 17.8 Å². The van der Waals surface area contributed by atoms with Gasteiger partial charge >= 0.3 is 0 Å². The van der Waals surface area contributed by atoms with Crippen LogP contribution < -0.4 is 4.74 Å². The summed E-state index contributed by atoms with van der Waals surface area (Å²) >= 11 is 0. The van der Waals surface area contributed by atoms with E-state index in [9.17, 15) is 8.78 Å². The molecule has 0 aliphatic rings. The number of hydrogen-bond acceptors (Lipinski definition) is 2. The maximum atomic E-state index is 11.8. The third-order valence-corrected chi connectivity index (χ3v) is 1.53. The maximum absolute atomic E-state index is 11.8. The molecule has 0 aliphatic heterocycles. The van der Waals surface area contributed by atoms with Gasteiger partial charge in [-0.1, -0.05) is 0 Å². The first kappa shape index (κ1) is 11.3. The second kappa shape index (κ2) is 5.86. The molecule has 1 aromatic rings. The molecule has 4 heteroatoms. The number of halogens is 2. The lowest BCUT2D eigenvalue weighted by Gasteiger charge is -2.04. The van der Waals surface area contributed by atoms with Gasteiger partial charge in [-0.3, -0.25) is 0 Å². The highest BCUT2D eigenvalue weighted by atomic mass is 19.3. The quantitative estimate of drug-likeness (QED) is 0.715. The number of hydrogen-bond donors (Lipinski definition) is 0. The van der Waals surface area contributed by atoms with Crippen molar-refractivity contribution in [1.29, 1.82) is 0 Å². The first-order chi connectivity index (χ1) is 7.22. The van der Waals surface area contributed by atoms with Gasteiger partial charge in [-0.05, 0) is 30.2 Å². The van der Waals surface area contributed by atoms with Gasteiger partial charge in [-0.15, -0.1) is 0 Å². The second-order valence-electron chi connectivity index (χ2n) is 2.66. The Morgan fingerprint density at radius 2 is 1.93 bits per heavy atom. The van der Waals surface area contributed by atoms with Crippen molar-refractivity contribution in [3.63, 3.8) is 0 Å². The molecule has 0 N–H and O–H groups in total. The number of alkyl halides is 2. The summed E-state index contributed by atoms with van der Waals surface area (Å²) in [6.45, 7) is -0.594. The average Bonchev–Trinajstić information content (AvgIpc) is 2.25. The molecular formula is C11H10F2O2. The summed E-state index contributed by atoms with van der Waals surface area (Å²) in [5.41, 5.74) is 0.737. The van der Waals surface area contributed by atoms with Gasteiger partial charge in [0.1, 0.15) is 18.5 Å². The Hall–Kier alpha value is -1.76. The van der Waals surface area contributed by atoms with Crippen LogP contribution in [-0.4, -0.2) is 20.1 Å². The van der Waals surface area contributed by atoms with Crippen molar-refractivity contribution in [2.24, 2.45) is 0 Å². The molecule has 80 valence electrons. The van der Waals surface area contributed by atoms with Gasteiger partial charge in [0.15, 0.2) is 0 Å². The van der Waals surface area contributed by atoms with Gasteiger partial charge in [0.25, 0.3) is 6.43 Å². The van der Waals surface area contributed by atoms with Crippen molar-refractivity contribution < 1.29 is 18.3 Å². The van der Waals surface area contributed by atoms with Gasteiger partial charge in [-0.2, -0.15) is 0 Å². The molecule has 1 aromatic carbocycles.